The molecule has 1 saturated heterocycles. The molecule has 1 fully saturated rings. The van der Waals surface area contributed by atoms with E-state index in [2.05, 4.69) is 15.0 Å². The van der Waals surface area contributed by atoms with Crippen LogP contribution in [0.5, 0.6) is 5.88 Å². The summed E-state index contributed by atoms with van der Waals surface area (Å²) >= 11 is 0. The number of nitrogens with zero attached hydrogens (tertiary/aromatic N) is 4. The lowest BCUT2D eigenvalue weighted by Gasteiger charge is -2.32. The van der Waals surface area contributed by atoms with Gasteiger partial charge in [0.15, 0.2) is 0 Å². The molecule has 2 aliphatic rings. The molecule has 0 amide bonds. The number of hydrogen-bond acceptors (Lipinski definition) is 5. The lowest BCUT2D eigenvalue weighted by molar-refractivity contribution is -0.0221. The summed E-state index contributed by atoms with van der Waals surface area (Å²) in [6.07, 6.45) is 3.29. The van der Waals surface area contributed by atoms with Crippen LogP contribution in [0.3, 0.4) is 0 Å². The van der Waals surface area contributed by atoms with Gasteiger partial charge in [0.25, 0.3) is 5.92 Å². The van der Waals surface area contributed by atoms with Crippen molar-refractivity contribution in [1.29, 1.82) is 0 Å². The van der Waals surface area contributed by atoms with E-state index in [1.807, 2.05) is 36.9 Å². The SMILES string of the molecule is CC(C)Oc1cc2c(cn1)CN=C2c1ccnc(N2CCC(F)(F)CC2)c1. The Kier molecular flexibility index (Phi) is 4.53. The Morgan fingerprint density at radius 3 is 2.67 bits per heavy atom. The topological polar surface area (TPSA) is 50.6 Å². The van der Waals surface area contributed by atoms with Crippen molar-refractivity contribution in [3.63, 3.8) is 0 Å². The minimum atomic E-state index is -2.57. The molecule has 0 radical (unpaired) electrons. The highest BCUT2D eigenvalue weighted by atomic mass is 19.3. The zero-order chi connectivity index (χ0) is 19.0. The third-order valence-corrected chi connectivity index (χ3v) is 4.82. The first-order valence-electron chi connectivity index (χ1n) is 9.21. The Bertz CT molecular complexity index is 872. The van der Waals surface area contributed by atoms with Crippen LogP contribution in [0, 0.1) is 0 Å². The maximum Gasteiger partial charge on any atom is 0.251 e. The highest BCUT2D eigenvalue weighted by Crippen LogP contribution is 2.31. The lowest BCUT2D eigenvalue weighted by Crippen LogP contribution is -2.39. The van der Waals surface area contributed by atoms with Crippen molar-refractivity contribution in [3.8, 4) is 5.88 Å². The van der Waals surface area contributed by atoms with Gasteiger partial charge in [0.05, 0.1) is 18.4 Å². The van der Waals surface area contributed by atoms with Gasteiger partial charge in [-0.05, 0) is 26.0 Å². The minimum Gasteiger partial charge on any atom is -0.475 e. The van der Waals surface area contributed by atoms with Crippen molar-refractivity contribution in [2.75, 3.05) is 18.0 Å². The van der Waals surface area contributed by atoms with Crippen LogP contribution in [0.2, 0.25) is 0 Å². The predicted molar refractivity (Wildman–Crippen MR) is 100.0 cm³/mol. The van der Waals surface area contributed by atoms with Crippen LogP contribution in [-0.4, -0.2) is 40.8 Å². The smallest absolute Gasteiger partial charge is 0.251 e. The third-order valence-electron chi connectivity index (χ3n) is 4.82. The molecule has 5 nitrogen and oxygen atoms in total. The van der Waals surface area contributed by atoms with Crippen LogP contribution in [-0.2, 0) is 6.54 Å². The van der Waals surface area contributed by atoms with Gasteiger partial charge in [-0.25, -0.2) is 18.7 Å². The van der Waals surface area contributed by atoms with E-state index < -0.39 is 5.92 Å². The normalized spacial score (nSPS) is 18.4. The summed E-state index contributed by atoms with van der Waals surface area (Å²) < 4.78 is 32.6. The van der Waals surface area contributed by atoms with Gasteiger partial charge in [0, 0.05) is 61.1 Å². The summed E-state index contributed by atoms with van der Waals surface area (Å²) in [5.41, 5.74) is 3.85. The number of alkyl halides is 2. The van der Waals surface area contributed by atoms with Crippen LogP contribution in [0.15, 0.2) is 35.6 Å². The quantitative estimate of drug-likeness (QED) is 0.818. The Hall–Kier alpha value is -2.57. The average Bonchev–Trinajstić information content (AvgIpc) is 3.04. The second-order valence-electron chi connectivity index (χ2n) is 7.26. The number of pyridine rings is 2. The van der Waals surface area contributed by atoms with E-state index >= 15 is 0 Å². The summed E-state index contributed by atoms with van der Waals surface area (Å²) in [6, 6.07) is 5.75. The molecule has 2 aromatic heterocycles. The Morgan fingerprint density at radius 1 is 1.15 bits per heavy atom. The van der Waals surface area contributed by atoms with Crippen molar-refractivity contribution < 1.29 is 13.5 Å². The molecule has 4 rings (SSSR count). The summed E-state index contributed by atoms with van der Waals surface area (Å²) in [4.78, 5) is 15.3. The lowest BCUT2D eigenvalue weighted by atomic mass is 10.0. The van der Waals surface area contributed by atoms with Crippen LogP contribution < -0.4 is 9.64 Å². The number of piperidine rings is 1. The van der Waals surface area contributed by atoms with Gasteiger partial charge in [0.1, 0.15) is 5.82 Å². The minimum absolute atomic E-state index is 0.0436. The molecule has 0 atom stereocenters. The molecule has 0 bridgehead atoms. The monoisotopic (exact) mass is 372 g/mol. The fraction of sp³-hybridized carbons (Fsp3) is 0.450. The van der Waals surface area contributed by atoms with Crippen molar-refractivity contribution in [3.05, 3.63) is 47.3 Å². The summed E-state index contributed by atoms with van der Waals surface area (Å²) in [5, 5.41) is 0. The third kappa shape index (κ3) is 3.77. The summed E-state index contributed by atoms with van der Waals surface area (Å²) in [6.45, 7) is 5.11. The van der Waals surface area contributed by atoms with Crippen LogP contribution in [0.4, 0.5) is 14.6 Å². The van der Waals surface area contributed by atoms with E-state index in [0.29, 0.717) is 31.3 Å². The maximum absolute atomic E-state index is 13.4. The summed E-state index contributed by atoms with van der Waals surface area (Å²) in [7, 11) is 0. The Labute approximate surface area is 157 Å². The zero-order valence-corrected chi connectivity index (χ0v) is 15.5. The van der Waals surface area contributed by atoms with Gasteiger partial charge in [0.2, 0.25) is 5.88 Å². The molecule has 0 aromatic carbocycles. The molecule has 0 spiro atoms. The van der Waals surface area contributed by atoms with Gasteiger partial charge in [-0.2, -0.15) is 0 Å². The maximum atomic E-state index is 13.4. The van der Waals surface area contributed by atoms with E-state index in [1.165, 1.54) is 0 Å². The Balaban J connectivity index is 1.59. The molecule has 0 unspecified atom stereocenters. The molecule has 4 heterocycles. The van der Waals surface area contributed by atoms with E-state index in [-0.39, 0.29) is 18.9 Å². The van der Waals surface area contributed by atoms with Crippen molar-refractivity contribution in [2.24, 2.45) is 4.99 Å². The van der Waals surface area contributed by atoms with Crippen LogP contribution in [0.1, 0.15) is 43.4 Å². The number of aromatic nitrogens is 2. The molecular weight excluding hydrogens is 350 g/mol. The van der Waals surface area contributed by atoms with Gasteiger partial charge in [-0.1, -0.05) is 0 Å². The number of rotatable bonds is 4. The first-order valence-corrected chi connectivity index (χ1v) is 9.21. The average molecular weight is 372 g/mol. The van der Waals surface area contributed by atoms with Gasteiger partial charge in [-0.3, -0.25) is 4.99 Å². The fourth-order valence-corrected chi connectivity index (χ4v) is 3.41. The number of aliphatic imine (C=N–C) groups is 1. The summed E-state index contributed by atoms with van der Waals surface area (Å²) in [5.74, 6) is -1.28. The molecule has 27 heavy (non-hydrogen) atoms. The molecule has 7 heteroatoms. The van der Waals surface area contributed by atoms with Gasteiger partial charge in [-0.15, -0.1) is 0 Å². The van der Waals surface area contributed by atoms with Crippen molar-refractivity contribution in [2.45, 2.75) is 45.3 Å². The van der Waals surface area contributed by atoms with E-state index in [0.717, 1.165) is 22.4 Å². The number of anilines is 1. The zero-order valence-electron chi connectivity index (χ0n) is 15.5. The number of hydrogen-bond donors (Lipinski definition) is 0. The molecule has 2 aromatic rings. The number of halogens is 2. The molecule has 0 aliphatic carbocycles. The second-order valence-corrected chi connectivity index (χ2v) is 7.26. The predicted octanol–water partition coefficient (Wildman–Crippen LogP) is 3.85. The second kappa shape index (κ2) is 6.87. The Morgan fingerprint density at radius 2 is 1.93 bits per heavy atom. The van der Waals surface area contributed by atoms with Crippen molar-refractivity contribution in [1.82, 2.24) is 9.97 Å². The van der Waals surface area contributed by atoms with Crippen LogP contribution >= 0.6 is 0 Å². The van der Waals surface area contributed by atoms with Crippen LogP contribution in [0.25, 0.3) is 0 Å². The fourth-order valence-electron chi connectivity index (χ4n) is 3.41. The van der Waals surface area contributed by atoms with E-state index in [9.17, 15) is 8.78 Å². The molecular formula is C20H22F2N4O. The van der Waals surface area contributed by atoms with E-state index in [1.54, 1.807) is 12.4 Å². The van der Waals surface area contributed by atoms with Gasteiger partial charge < -0.3 is 9.64 Å². The first-order chi connectivity index (χ1) is 12.9. The molecule has 0 N–H and O–H groups in total. The largest absolute Gasteiger partial charge is 0.475 e. The van der Waals surface area contributed by atoms with E-state index in [4.69, 9.17) is 4.74 Å². The number of fused-ring (bicyclic) bond motifs is 1. The highest BCUT2D eigenvalue weighted by molar-refractivity contribution is 6.15. The standard InChI is InChI=1S/C20H22F2N4O/c1-13(2)27-18-10-16-15(11-24-18)12-25-19(16)14-3-6-23-17(9-14)26-7-4-20(21,22)5-8-26/h3,6,9-11,13H,4-5,7-8,12H2,1-2H3. The first kappa shape index (κ1) is 17.8. The van der Waals surface area contributed by atoms with Crippen molar-refractivity contribution >= 4 is 11.5 Å². The van der Waals surface area contributed by atoms with Gasteiger partial charge >= 0.3 is 0 Å². The molecule has 0 saturated carbocycles. The molecule has 142 valence electrons. The molecule has 2 aliphatic heterocycles. The number of ether oxygens (including phenoxy) is 1. The highest BCUT2D eigenvalue weighted by Gasteiger charge is 2.34.